The number of benzene rings is 1. The van der Waals surface area contributed by atoms with Crippen LogP contribution in [0.25, 0.3) is 0 Å². The van der Waals surface area contributed by atoms with Gasteiger partial charge in [0.25, 0.3) is 0 Å². The van der Waals surface area contributed by atoms with E-state index in [1.807, 2.05) is 6.92 Å². The number of thiazole rings is 1. The standard InChI is InChI=1S/C15H16F2N2S/c1-2-18-14(10-7-6-9(16)8-11(10)17)15-19-12-4-3-5-13(12)20-15/h6-8,14,18H,2-5H2,1H3. The van der Waals surface area contributed by atoms with Crippen LogP contribution in [0.5, 0.6) is 0 Å². The molecule has 2 nitrogen and oxygen atoms in total. The van der Waals surface area contributed by atoms with E-state index in [4.69, 9.17) is 0 Å². The van der Waals surface area contributed by atoms with Crippen molar-refractivity contribution >= 4 is 11.3 Å². The van der Waals surface area contributed by atoms with Crippen molar-refractivity contribution in [3.8, 4) is 0 Å². The molecule has 1 N–H and O–H groups in total. The second kappa shape index (κ2) is 5.58. The fourth-order valence-corrected chi connectivity index (χ4v) is 3.85. The highest BCUT2D eigenvalue weighted by atomic mass is 32.1. The lowest BCUT2D eigenvalue weighted by Crippen LogP contribution is -2.23. The molecule has 106 valence electrons. The number of aryl methyl sites for hydroxylation is 2. The Hall–Kier alpha value is -1.33. The zero-order chi connectivity index (χ0) is 14.1. The highest BCUT2D eigenvalue weighted by Crippen LogP contribution is 2.34. The van der Waals surface area contributed by atoms with Crippen molar-refractivity contribution in [1.29, 1.82) is 0 Å². The van der Waals surface area contributed by atoms with Crippen LogP contribution in [0.2, 0.25) is 0 Å². The molecule has 1 aromatic carbocycles. The third-order valence-corrected chi connectivity index (χ3v) is 4.76. The molecule has 0 radical (unpaired) electrons. The fourth-order valence-electron chi connectivity index (χ4n) is 2.60. The molecule has 0 saturated carbocycles. The topological polar surface area (TPSA) is 24.9 Å². The summed E-state index contributed by atoms with van der Waals surface area (Å²) in [5.41, 5.74) is 1.61. The van der Waals surface area contributed by atoms with E-state index in [0.29, 0.717) is 12.1 Å². The molecule has 1 aliphatic rings. The molecule has 1 aliphatic carbocycles. The Labute approximate surface area is 120 Å². The monoisotopic (exact) mass is 294 g/mol. The van der Waals surface area contributed by atoms with Crippen LogP contribution >= 0.6 is 11.3 Å². The van der Waals surface area contributed by atoms with E-state index in [1.165, 1.54) is 17.0 Å². The van der Waals surface area contributed by atoms with Crippen LogP contribution in [0.15, 0.2) is 18.2 Å². The normalized spacial score (nSPS) is 15.3. The first-order valence-corrected chi connectivity index (χ1v) is 7.67. The number of hydrogen-bond donors (Lipinski definition) is 1. The molecule has 0 spiro atoms. The van der Waals surface area contributed by atoms with Crippen molar-refractivity contribution in [2.75, 3.05) is 6.54 Å². The van der Waals surface area contributed by atoms with Crippen molar-refractivity contribution < 1.29 is 8.78 Å². The van der Waals surface area contributed by atoms with Gasteiger partial charge in [0.1, 0.15) is 16.6 Å². The molecule has 20 heavy (non-hydrogen) atoms. The molecule has 1 unspecified atom stereocenters. The highest BCUT2D eigenvalue weighted by Gasteiger charge is 2.24. The number of rotatable bonds is 4. The van der Waals surface area contributed by atoms with Crippen molar-refractivity contribution in [3.63, 3.8) is 0 Å². The van der Waals surface area contributed by atoms with Crippen molar-refractivity contribution in [1.82, 2.24) is 10.3 Å². The number of fused-ring (bicyclic) bond motifs is 1. The summed E-state index contributed by atoms with van der Waals surface area (Å²) in [6.07, 6.45) is 3.24. The quantitative estimate of drug-likeness (QED) is 0.932. The van der Waals surface area contributed by atoms with E-state index in [9.17, 15) is 8.78 Å². The Morgan fingerprint density at radius 1 is 1.35 bits per heavy atom. The van der Waals surface area contributed by atoms with Gasteiger partial charge in [-0.1, -0.05) is 13.0 Å². The van der Waals surface area contributed by atoms with Crippen molar-refractivity contribution in [2.24, 2.45) is 0 Å². The van der Waals surface area contributed by atoms with Crippen LogP contribution in [-0.2, 0) is 12.8 Å². The fraction of sp³-hybridized carbons (Fsp3) is 0.400. The maximum Gasteiger partial charge on any atom is 0.131 e. The molecule has 0 bridgehead atoms. The molecule has 1 atom stereocenters. The Morgan fingerprint density at radius 3 is 2.90 bits per heavy atom. The SMILES string of the molecule is CCNC(c1nc2c(s1)CCC2)c1ccc(F)cc1F. The van der Waals surface area contributed by atoms with Gasteiger partial charge in [-0.15, -0.1) is 11.3 Å². The molecular weight excluding hydrogens is 278 g/mol. The van der Waals surface area contributed by atoms with E-state index in [0.717, 1.165) is 36.0 Å². The third kappa shape index (κ3) is 2.47. The maximum atomic E-state index is 14.0. The smallest absolute Gasteiger partial charge is 0.131 e. The molecule has 5 heteroatoms. The summed E-state index contributed by atoms with van der Waals surface area (Å²) in [4.78, 5) is 5.96. The number of aromatic nitrogens is 1. The number of nitrogens with one attached hydrogen (secondary N) is 1. The molecule has 0 amide bonds. The van der Waals surface area contributed by atoms with Gasteiger partial charge in [-0.05, 0) is 31.9 Å². The summed E-state index contributed by atoms with van der Waals surface area (Å²) in [5.74, 6) is -1.07. The van der Waals surface area contributed by atoms with Crippen LogP contribution in [0.3, 0.4) is 0 Å². The minimum absolute atomic E-state index is 0.295. The Morgan fingerprint density at radius 2 is 2.20 bits per heavy atom. The van der Waals surface area contributed by atoms with Gasteiger partial charge in [-0.3, -0.25) is 0 Å². The van der Waals surface area contributed by atoms with E-state index in [1.54, 1.807) is 11.3 Å². The average Bonchev–Trinajstić information content (AvgIpc) is 2.97. The van der Waals surface area contributed by atoms with Crippen molar-refractivity contribution in [3.05, 3.63) is 51.0 Å². The Balaban J connectivity index is 1.99. The van der Waals surface area contributed by atoms with Gasteiger partial charge < -0.3 is 5.32 Å². The number of hydrogen-bond acceptors (Lipinski definition) is 3. The molecule has 0 saturated heterocycles. The molecule has 0 fully saturated rings. The van der Waals surface area contributed by atoms with Gasteiger partial charge in [0.15, 0.2) is 0 Å². The van der Waals surface area contributed by atoms with E-state index < -0.39 is 11.6 Å². The van der Waals surface area contributed by atoms with E-state index >= 15 is 0 Å². The van der Waals surface area contributed by atoms with Crippen LogP contribution < -0.4 is 5.32 Å². The molecule has 3 rings (SSSR count). The summed E-state index contributed by atoms with van der Waals surface area (Å²) in [7, 11) is 0. The molecule has 1 aromatic heterocycles. The van der Waals surface area contributed by atoms with Crippen LogP contribution in [0.4, 0.5) is 8.78 Å². The van der Waals surface area contributed by atoms with Crippen LogP contribution in [0, 0.1) is 11.6 Å². The zero-order valence-electron chi connectivity index (χ0n) is 11.2. The first-order chi connectivity index (χ1) is 9.69. The minimum atomic E-state index is -0.553. The average molecular weight is 294 g/mol. The van der Waals surface area contributed by atoms with Crippen LogP contribution in [0.1, 0.15) is 40.5 Å². The van der Waals surface area contributed by atoms with Crippen molar-refractivity contribution in [2.45, 2.75) is 32.2 Å². The van der Waals surface area contributed by atoms with Gasteiger partial charge in [0.05, 0.1) is 11.7 Å². The zero-order valence-corrected chi connectivity index (χ0v) is 12.1. The Kier molecular flexibility index (Phi) is 3.81. The second-order valence-electron chi connectivity index (χ2n) is 4.93. The lowest BCUT2D eigenvalue weighted by atomic mass is 10.1. The predicted octanol–water partition coefficient (Wildman–Crippen LogP) is 3.61. The highest BCUT2D eigenvalue weighted by molar-refractivity contribution is 7.11. The van der Waals surface area contributed by atoms with Gasteiger partial charge in [0.2, 0.25) is 0 Å². The largest absolute Gasteiger partial charge is 0.304 e. The Bertz CT molecular complexity index is 603. The van der Waals surface area contributed by atoms with Gasteiger partial charge in [-0.2, -0.15) is 0 Å². The molecule has 2 aromatic rings. The van der Waals surface area contributed by atoms with Gasteiger partial charge in [-0.25, -0.2) is 13.8 Å². The van der Waals surface area contributed by atoms with Crippen LogP contribution in [-0.4, -0.2) is 11.5 Å². The first kappa shape index (κ1) is 13.6. The van der Waals surface area contributed by atoms with E-state index in [-0.39, 0.29) is 6.04 Å². The summed E-state index contributed by atoms with van der Waals surface area (Å²) in [6.45, 7) is 2.67. The predicted molar refractivity (Wildman–Crippen MR) is 76.0 cm³/mol. The summed E-state index contributed by atoms with van der Waals surface area (Å²) in [5, 5.41) is 4.13. The number of nitrogens with zero attached hydrogens (tertiary/aromatic N) is 1. The summed E-state index contributed by atoms with van der Waals surface area (Å²) in [6, 6.07) is 3.44. The lowest BCUT2D eigenvalue weighted by molar-refractivity contribution is 0.539. The lowest BCUT2D eigenvalue weighted by Gasteiger charge is -2.16. The second-order valence-corrected chi connectivity index (χ2v) is 6.05. The van der Waals surface area contributed by atoms with E-state index in [2.05, 4.69) is 10.3 Å². The minimum Gasteiger partial charge on any atom is -0.304 e. The number of halogens is 2. The third-order valence-electron chi connectivity index (χ3n) is 3.54. The van der Waals surface area contributed by atoms with Gasteiger partial charge in [0, 0.05) is 16.5 Å². The molecule has 0 aliphatic heterocycles. The van der Waals surface area contributed by atoms with Gasteiger partial charge >= 0.3 is 0 Å². The summed E-state index contributed by atoms with van der Waals surface area (Å²) < 4.78 is 27.1. The maximum absolute atomic E-state index is 14.0. The summed E-state index contributed by atoms with van der Waals surface area (Å²) >= 11 is 1.64. The molecular formula is C15H16F2N2S. The first-order valence-electron chi connectivity index (χ1n) is 6.86. The molecule has 1 heterocycles.